The number of amides is 1. The van der Waals surface area contributed by atoms with Crippen molar-refractivity contribution < 1.29 is 14.3 Å². The molecule has 14 heavy (non-hydrogen) atoms. The van der Waals surface area contributed by atoms with E-state index in [1.165, 1.54) is 0 Å². The molecule has 4 nitrogen and oxygen atoms in total. The lowest BCUT2D eigenvalue weighted by molar-refractivity contribution is -0.121. The highest BCUT2D eigenvalue weighted by atomic mass is 16.5. The summed E-state index contributed by atoms with van der Waals surface area (Å²) in [6.45, 7) is 1.53. The van der Waals surface area contributed by atoms with E-state index in [0.29, 0.717) is 5.56 Å². The zero-order valence-corrected chi connectivity index (χ0v) is 7.82. The van der Waals surface area contributed by atoms with E-state index in [2.05, 4.69) is 4.74 Å². The van der Waals surface area contributed by atoms with Crippen LogP contribution in [0.15, 0.2) is 24.3 Å². The number of primary amides is 1. The maximum Gasteiger partial charge on any atom is 0.338 e. The van der Waals surface area contributed by atoms with Crippen molar-refractivity contribution in [1.82, 2.24) is 0 Å². The molecule has 0 atom stereocenters. The normalized spacial score (nSPS) is 9.50. The molecule has 0 radical (unpaired) electrons. The first-order chi connectivity index (χ1) is 6.59. The van der Waals surface area contributed by atoms with Gasteiger partial charge in [0.1, 0.15) is 0 Å². The molecule has 0 fully saturated rings. The van der Waals surface area contributed by atoms with E-state index < -0.39 is 11.9 Å². The number of aryl methyl sites for hydroxylation is 1. The second kappa shape index (κ2) is 4.41. The number of hydrogen-bond donors (Lipinski definition) is 1. The minimum absolute atomic E-state index is 0.382. The fourth-order valence-corrected chi connectivity index (χ4v) is 0.910. The minimum atomic E-state index is -0.662. The average Bonchev–Trinajstić information content (AvgIpc) is 2.15. The minimum Gasteiger partial charge on any atom is -0.452 e. The van der Waals surface area contributed by atoms with E-state index in [0.717, 1.165) is 5.56 Å². The number of benzene rings is 1. The number of hydrogen-bond acceptors (Lipinski definition) is 3. The first-order valence-electron chi connectivity index (χ1n) is 4.11. The number of ether oxygens (including phenoxy) is 1. The molecule has 0 aliphatic heterocycles. The fraction of sp³-hybridized carbons (Fsp3) is 0.200. The summed E-state index contributed by atoms with van der Waals surface area (Å²) in [5.41, 5.74) is 6.29. The monoisotopic (exact) mass is 193 g/mol. The Hall–Kier alpha value is -1.84. The summed E-state index contributed by atoms with van der Waals surface area (Å²) >= 11 is 0. The Balaban J connectivity index is 2.61. The Morgan fingerprint density at radius 1 is 1.29 bits per heavy atom. The molecule has 0 saturated heterocycles. The second-order valence-electron chi connectivity index (χ2n) is 2.91. The highest BCUT2D eigenvalue weighted by Crippen LogP contribution is 2.04. The molecule has 0 unspecified atom stereocenters. The quantitative estimate of drug-likeness (QED) is 0.716. The molecule has 0 heterocycles. The van der Waals surface area contributed by atoms with E-state index in [-0.39, 0.29) is 6.61 Å². The van der Waals surface area contributed by atoms with Gasteiger partial charge < -0.3 is 10.5 Å². The van der Waals surface area contributed by atoms with Crippen LogP contribution >= 0.6 is 0 Å². The SMILES string of the molecule is Cc1ccc(C(=O)OCC(N)=O)cc1. The number of carbonyl (C=O) groups excluding carboxylic acids is 2. The number of rotatable bonds is 3. The predicted octanol–water partition coefficient (Wildman–Crippen LogP) is 0.637. The van der Waals surface area contributed by atoms with Gasteiger partial charge in [0, 0.05) is 0 Å². The molecule has 0 aliphatic carbocycles. The number of esters is 1. The highest BCUT2D eigenvalue weighted by Gasteiger charge is 2.07. The molecular weight excluding hydrogens is 182 g/mol. The fourth-order valence-electron chi connectivity index (χ4n) is 0.910. The van der Waals surface area contributed by atoms with Crippen LogP contribution in [0.2, 0.25) is 0 Å². The van der Waals surface area contributed by atoms with Gasteiger partial charge in [-0.3, -0.25) is 4.79 Å². The largest absolute Gasteiger partial charge is 0.452 e. The zero-order valence-electron chi connectivity index (χ0n) is 7.82. The Morgan fingerprint density at radius 3 is 2.36 bits per heavy atom. The van der Waals surface area contributed by atoms with Gasteiger partial charge in [-0.1, -0.05) is 17.7 Å². The van der Waals surface area contributed by atoms with Gasteiger partial charge in [-0.25, -0.2) is 4.79 Å². The lowest BCUT2D eigenvalue weighted by Gasteiger charge is -2.01. The molecule has 1 rings (SSSR count). The van der Waals surface area contributed by atoms with Crippen LogP contribution in [-0.4, -0.2) is 18.5 Å². The molecule has 74 valence electrons. The Labute approximate surface area is 81.7 Å². The summed E-state index contributed by atoms with van der Waals surface area (Å²) in [7, 11) is 0. The van der Waals surface area contributed by atoms with Crippen molar-refractivity contribution in [2.75, 3.05) is 6.61 Å². The third kappa shape index (κ3) is 2.90. The van der Waals surface area contributed by atoms with E-state index in [4.69, 9.17) is 5.73 Å². The highest BCUT2D eigenvalue weighted by molar-refractivity contribution is 5.91. The maximum atomic E-state index is 11.2. The van der Waals surface area contributed by atoms with Gasteiger partial charge in [-0.05, 0) is 19.1 Å². The van der Waals surface area contributed by atoms with Crippen LogP contribution in [0.5, 0.6) is 0 Å². The van der Waals surface area contributed by atoms with Crippen molar-refractivity contribution in [2.45, 2.75) is 6.92 Å². The lowest BCUT2D eigenvalue weighted by atomic mass is 10.1. The molecule has 0 aromatic heterocycles. The first kappa shape index (κ1) is 10.2. The van der Waals surface area contributed by atoms with Crippen molar-refractivity contribution in [3.8, 4) is 0 Å². The average molecular weight is 193 g/mol. The summed E-state index contributed by atoms with van der Waals surface area (Å²) in [4.78, 5) is 21.6. The van der Waals surface area contributed by atoms with Crippen LogP contribution in [0.4, 0.5) is 0 Å². The summed E-state index contributed by atoms with van der Waals surface area (Å²) < 4.78 is 4.62. The number of nitrogens with two attached hydrogens (primary N) is 1. The standard InChI is InChI=1S/C10H11NO3/c1-7-2-4-8(5-3-7)10(13)14-6-9(11)12/h2-5H,6H2,1H3,(H2,11,12). The Kier molecular flexibility index (Phi) is 3.23. The third-order valence-electron chi connectivity index (χ3n) is 1.63. The van der Waals surface area contributed by atoms with E-state index in [1.807, 2.05) is 6.92 Å². The van der Waals surface area contributed by atoms with Crippen molar-refractivity contribution in [3.05, 3.63) is 35.4 Å². The third-order valence-corrected chi connectivity index (χ3v) is 1.63. The first-order valence-corrected chi connectivity index (χ1v) is 4.11. The van der Waals surface area contributed by atoms with Crippen LogP contribution in [0.3, 0.4) is 0 Å². The van der Waals surface area contributed by atoms with Gasteiger partial charge in [-0.15, -0.1) is 0 Å². The van der Waals surface area contributed by atoms with Gasteiger partial charge in [0.05, 0.1) is 5.56 Å². The summed E-state index contributed by atoms with van der Waals surface area (Å²) in [6.07, 6.45) is 0. The van der Waals surface area contributed by atoms with Crippen molar-refractivity contribution >= 4 is 11.9 Å². The van der Waals surface area contributed by atoms with Crippen LogP contribution in [0, 0.1) is 6.92 Å². The summed E-state index contributed by atoms with van der Waals surface area (Å²) in [6, 6.07) is 6.86. The van der Waals surface area contributed by atoms with Crippen LogP contribution in [0.1, 0.15) is 15.9 Å². The Morgan fingerprint density at radius 2 is 1.86 bits per heavy atom. The molecule has 1 aromatic carbocycles. The smallest absolute Gasteiger partial charge is 0.338 e. The molecule has 1 amide bonds. The molecule has 2 N–H and O–H groups in total. The van der Waals surface area contributed by atoms with Crippen molar-refractivity contribution in [1.29, 1.82) is 0 Å². The second-order valence-corrected chi connectivity index (χ2v) is 2.91. The molecule has 4 heteroatoms. The lowest BCUT2D eigenvalue weighted by Crippen LogP contribution is -2.20. The van der Waals surface area contributed by atoms with Gasteiger partial charge in [0.2, 0.25) is 0 Å². The maximum absolute atomic E-state index is 11.2. The van der Waals surface area contributed by atoms with Crippen molar-refractivity contribution in [3.63, 3.8) is 0 Å². The van der Waals surface area contributed by atoms with Crippen molar-refractivity contribution in [2.24, 2.45) is 5.73 Å². The zero-order chi connectivity index (χ0) is 10.6. The van der Waals surface area contributed by atoms with E-state index >= 15 is 0 Å². The summed E-state index contributed by atoms with van der Waals surface area (Å²) in [5.74, 6) is -1.20. The molecule has 0 aliphatic rings. The molecule has 0 saturated carbocycles. The topological polar surface area (TPSA) is 69.4 Å². The molecule has 1 aromatic rings. The van der Waals surface area contributed by atoms with Gasteiger partial charge in [0.25, 0.3) is 5.91 Å². The van der Waals surface area contributed by atoms with Gasteiger partial charge in [-0.2, -0.15) is 0 Å². The van der Waals surface area contributed by atoms with E-state index in [9.17, 15) is 9.59 Å². The Bertz CT molecular complexity index is 343. The van der Waals surface area contributed by atoms with Crippen LogP contribution in [-0.2, 0) is 9.53 Å². The van der Waals surface area contributed by atoms with Gasteiger partial charge >= 0.3 is 5.97 Å². The summed E-state index contributed by atoms with van der Waals surface area (Å²) in [5, 5.41) is 0. The predicted molar refractivity (Wildman–Crippen MR) is 50.7 cm³/mol. The van der Waals surface area contributed by atoms with Crippen LogP contribution < -0.4 is 5.73 Å². The number of carbonyl (C=O) groups is 2. The molecule has 0 bridgehead atoms. The van der Waals surface area contributed by atoms with Gasteiger partial charge in [0.15, 0.2) is 6.61 Å². The molecule has 0 spiro atoms. The molecular formula is C10H11NO3. The van der Waals surface area contributed by atoms with Crippen LogP contribution in [0.25, 0.3) is 0 Å². The van der Waals surface area contributed by atoms with E-state index in [1.54, 1.807) is 24.3 Å².